The lowest BCUT2D eigenvalue weighted by Gasteiger charge is -2.16. The Morgan fingerprint density at radius 1 is 1.19 bits per heavy atom. The zero-order valence-corrected chi connectivity index (χ0v) is 9.04. The summed E-state index contributed by atoms with van der Waals surface area (Å²) in [5.41, 5.74) is 1.93. The van der Waals surface area contributed by atoms with Crippen molar-refractivity contribution < 1.29 is 0 Å². The molecule has 5 heteroatoms. The van der Waals surface area contributed by atoms with Crippen molar-refractivity contribution in [3.63, 3.8) is 0 Å². The van der Waals surface area contributed by atoms with Crippen LogP contribution in [0.3, 0.4) is 0 Å². The monoisotopic (exact) mass is 215 g/mol. The van der Waals surface area contributed by atoms with Crippen LogP contribution in [0.4, 0.5) is 0 Å². The first-order valence-electron chi connectivity index (χ1n) is 5.16. The molecular weight excluding hydrogens is 202 g/mol. The molecule has 2 aromatic rings. The van der Waals surface area contributed by atoms with Crippen molar-refractivity contribution in [1.29, 1.82) is 0 Å². The molecule has 0 spiro atoms. The van der Waals surface area contributed by atoms with Gasteiger partial charge in [0, 0.05) is 24.2 Å². The van der Waals surface area contributed by atoms with Gasteiger partial charge in [-0.05, 0) is 12.6 Å². The maximum Gasteiger partial charge on any atom is 0.115 e. The van der Waals surface area contributed by atoms with E-state index in [0.717, 1.165) is 17.8 Å². The van der Waals surface area contributed by atoms with Gasteiger partial charge in [0.2, 0.25) is 0 Å². The Kier molecular flexibility index (Phi) is 3.50. The largest absolute Gasteiger partial charge is 0.305 e. The number of rotatable bonds is 4. The van der Waals surface area contributed by atoms with Gasteiger partial charge >= 0.3 is 0 Å². The summed E-state index contributed by atoms with van der Waals surface area (Å²) in [4.78, 5) is 16.2. The maximum absolute atomic E-state index is 4.24. The zero-order valence-electron chi connectivity index (χ0n) is 9.04. The lowest BCUT2D eigenvalue weighted by Crippen LogP contribution is -2.23. The Morgan fingerprint density at radius 2 is 2.00 bits per heavy atom. The third-order valence-corrected chi connectivity index (χ3v) is 2.22. The molecule has 16 heavy (non-hydrogen) atoms. The van der Waals surface area contributed by atoms with Crippen LogP contribution >= 0.6 is 0 Å². The fraction of sp³-hybridized carbons (Fsp3) is 0.273. The van der Waals surface area contributed by atoms with Gasteiger partial charge in [-0.25, -0.2) is 19.9 Å². The number of nitrogens with zero attached hydrogens (tertiary/aromatic N) is 4. The summed E-state index contributed by atoms with van der Waals surface area (Å²) in [6.45, 7) is 2.90. The summed E-state index contributed by atoms with van der Waals surface area (Å²) in [7, 11) is 0. The number of hydrogen-bond donors (Lipinski definition) is 1. The summed E-state index contributed by atoms with van der Waals surface area (Å²) in [6.07, 6.45) is 8.39. The fourth-order valence-corrected chi connectivity index (χ4v) is 1.53. The van der Waals surface area contributed by atoms with Gasteiger partial charge in [-0.2, -0.15) is 0 Å². The molecule has 0 fully saturated rings. The Hall–Kier alpha value is -1.88. The molecule has 1 unspecified atom stereocenters. The molecule has 0 aliphatic rings. The first-order valence-corrected chi connectivity index (χ1v) is 5.16. The van der Waals surface area contributed by atoms with E-state index in [1.165, 1.54) is 6.33 Å². The second-order valence-corrected chi connectivity index (χ2v) is 3.30. The van der Waals surface area contributed by atoms with Gasteiger partial charge in [0.25, 0.3) is 0 Å². The van der Waals surface area contributed by atoms with Crippen LogP contribution in [0.25, 0.3) is 0 Å². The number of hydrogen-bond acceptors (Lipinski definition) is 5. The highest BCUT2D eigenvalue weighted by atomic mass is 15.0. The van der Waals surface area contributed by atoms with E-state index in [0.29, 0.717) is 0 Å². The molecule has 2 rings (SSSR count). The van der Waals surface area contributed by atoms with E-state index in [9.17, 15) is 0 Å². The number of nitrogens with one attached hydrogen (secondary N) is 1. The predicted octanol–water partition coefficient (Wildman–Crippen LogP) is 0.966. The van der Waals surface area contributed by atoms with Crippen LogP contribution in [0.1, 0.15) is 24.2 Å². The molecule has 0 bridgehead atoms. The molecule has 0 saturated heterocycles. The Labute approximate surface area is 94.0 Å². The lowest BCUT2D eigenvalue weighted by atomic mass is 10.1. The van der Waals surface area contributed by atoms with Crippen molar-refractivity contribution in [2.75, 3.05) is 6.54 Å². The second kappa shape index (κ2) is 5.27. The van der Waals surface area contributed by atoms with Crippen molar-refractivity contribution in [2.24, 2.45) is 0 Å². The topological polar surface area (TPSA) is 63.6 Å². The molecule has 82 valence electrons. The molecule has 2 aromatic heterocycles. The van der Waals surface area contributed by atoms with Gasteiger partial charge in [0.05, 0.1) is 11.7 Å². The third-order valence-electron chi connectivity index (χ3n) is 2.22. The average Bonchev–Trinajstić information content (AvgIpc) is 2.38. The molecule has 0 aliphatic carbocycles. The lowest BCUT2D eigenvalue weighted by molar-refractivity contribution is 0.609. The van der Waals surface area contributed by atoms with E-state index in [1.54, 1.807) is 24.9 Å². The van der Waals surface area contributed by atoms with Gasteiger partial charge in [-0.3, -0.25) is 0 Å². The van der Waals surface area contributed by atoms with Crippen LogP contribution in [0.5, 0.6) is 0 Å². The van der Waals surface area contributed by atoms with Crippen LogP contribution in [0, 0.1) is 0 Å². The minimum Gasteiger partial charge on any atom is -0.305 e. The standard InChI is InChI=1S/C11H13N5/c1-2-15-11(9-5-13-7-14-6-9)10-3-4-12-8-16-10/h3-8,11,15H,2H2,1H3. The molecule has 2 heterocycles. The SMILES string of the molecule is CCNC(c1cncnc1)c1ccncn1. The summed E-state index contributed by atoms with van der Waals surface area (Å²) in [5.74, 6) is 0. The zero-order chi connectivity index (χ0) is 11.2. The molecule has 0 radical (unpaired) electrons. The van der Waals surface area contributed by atoms with Crippen molar-refractivity contribution in [3.05, 3.63) is 48.6 Å². The minimum absolute atomic E-state index is 0.0224. The van der Waals surface area contributed by atoms with E-state index in [1.807, 2.05) is 6.07 Å². The summed E-state index contributed by atoms with van der Waals surface area (Å²) < 4.78 is 0. The van der Waals surface area contributed by atoms with Crippen molar-refractivity contribution in [3.8, 4) is 0 Å². The van der Waals surface area contributed by atoms with E-state index in [4.69, 9.17) is 0 Å². The van der Waals surface area contributed by atoms with Crippen LogP contribution in [0.2, 0.25) is 0 Å². The van der Waals surface area contributed by atoms with Crippen molar-refractivity contribution >= 4 is 0 Å². The Morgan fingerprint density at radius 3 is 2.62 bits per heavy atom. The van der Waals surface area contributed by atoms with Gasteiger partial charge in [-0.1, -0.05) is 6.92 Å². The first kappa shape index (κ1) is 10.6. The normalized spacial score (nSPS) is 12.3. The minimum atomic E-state index is 0.0224. The van der Waals surface area contributed by atoms with Gasteiger partial charge in [0.1, 0.15) is 12.7 Å². The fourth-order valence-electron chi connectivity index (χ4n) is 1.53. The van der Waals surface area contributed by atoms with Crippen LogP contribution < -0.4 is 5.32 Å². The molecule has 0 aromatic carbocycles. The predicted molar refractivity (Wildman–Crippen MR) is 59.6 cm³/mol. The number of aromatic nitrogens is 4. The Bertz CT molecular complexity index is 377. The molecule has 0 amide bonds. The summed E-state index contributed by atoms with van der Waals surface area (Å²) >= 11 is 0. The van der Waals surface area contributed by atoms with Crippen molar-refractivity contribution in [1.82, 2.24) is 25.3 Å². The molecule has 0 saturated carbocycles. The third kappa shape index (κ3) is 2.38. The molecular formula is C11H13N5. The average molecular weight is 215 g/mol. The summed E-state index contributed by atoms with van der Waals surface area (Å²) in [6, 6.07) is 1.91. The highest BCUT2D eigenvalue weighted by Gasteiger charge is 2.14. The van der Waals surface area contributed by atoms with E-state index in [2.05, 4.69) is 32.2 Å². The second-order valence-electron chi connectivity index (χ2n) is 3.30. The van der Waals surface area contributed by atoms with Gasteiger partial charge in [-0.15, -0.1) is 0 Å². The molecule has 1 atom stereocenters. The smallest absolute Gasteiger partial charge is 0.115 e. The molecule has 1 N–H and O–H groups in total. The first-order chi connectivity index (χ1) is 7.92. The van der Waals surface area contributed by atoms with Gasteiger partial charge < -0.3 is 5.32 Å². The van der Waals surface area contributed by atoms with Crippen molar-refractivity contribution in [2.45, 2.75) is 13.0 Å². The van der Waals surface area contributed by atoms with Gasteiger partial charge in [0.15, 0.2) is 0 Å². The van der Waals surface area contributed by atoms with E-state index in [-0.39, 0.29) is 6.04 Å². The van der Waals surface area contributed by atoms with E-state index < -0.39 is 0 Å². The molecule has 5 nitrogen and oxygen atoms in total. The van der Waals surface area contributed by atoms with Crippen LogP contribution in [0.15, 0.2) is 37.3 Å². The maximum atomic E-state index is 4.24. The summed E-state index contributed by atoms with van der Waals surface area (Å²) in [5, 5.41) is 3.34. The highest BCUT2D eigenvalue weighted by molar-refractivity contribution is 5.21. The molecule has 0 aliphatic heterocycles. The van der Waals surface area contributed by atoms with Crippen LogP contribution in [-0.2, 0) is 0 Å². The highest BCUT2D eigenvalue weighted by Crippen LogP contribution is 2.17. The van der Waals surface area contributed by atoms with Crippen LogP contribution in [-0.4, -0.2) is 26.5 Å². The Balaban J connectivity index is 2.31. The quantitative estimate of drug-likeness (QED) is 0.823. The van der Waals surface area contributed by atoms with E-state index >= 15 is 0 Å².